The van der Waals surface area contributed by atoms with Crippen LogP contribution in [0, 0.1) is 17.8 Å². The van der Waals surface area contributed by atoms with E-state index in [-0.39, 0.29) is 11.8 Å². The van der Waals surface area contributed by atoms with Crippen molar-refractivity contribution in [3.63, 3.8) is 0 Å². The molecule has 4 heteroatoms. The van der Waals surface area contributed by atoms with E-state index in [1.807, 2.05) is 0 Å². The summed E-state index contributed by atoms with van der Waals surface area (Å²) in [6.07, 6.45) is 3.09. The van der Waals surface area contributed by atoms with Crippen LogP contribution in [-0.2, 0) is 9.59 Å². The molecule has 1 amide bonds. The standard InChI is InChI=1S/C14H25NO3/c1-10(2)7-11(3)8-13(16)15-6-4-5-12(9-15)14(17)18/h10-12H,4-9H2,1-3H3,(H,17,18)/t11?,12-/m0/s1. The summed E-state index contributed by atoms with van der Waals surface area (Å²) < 4.78 is 0. The Bertz CT molecular complexity index is 301. The quantitative estimate of drug-likeness (QED) is 0.820. The second-order valence-electron chi connectivity index (χ2n) is 5.96. The summed E-state index contributed by atoms with van der Waals surface area (Å²) in [6.45, 7) is 7.51. The van der Waals surface area contributed by atoms with Crippen LogP contribution in [0.3, 0.4) is 0 Å². The molecular weight excluding hydrogens is 230 g/mol. The van der Waals surface area contributed by atoms with Gasteiger partial charge in [-0.25, -0.2) is 0 Å². The minimum absolute atomic E-state index is 0.120. The van der Waals surface area contributed by atoms with Crippen molar-refractivity contribution in [1.29, 1.82) is 0 Å². The van der Waals surface area contributed by atoms with Gasteiger partial charge in [-0.05, 0) is 31.1 Å². The fourth-order valence-electron chi connectivity index (χ4n) is 2.72. The van der Waals surface area contributed by atoms with Gasteiger partial charge in [0.15, 0.2) is 0 Å². The molecule has 0 bridgehead atoms. The van der Waals surface area contributed by atoms with Crippen LogP contribution in [0.15, 0.2) is 0 Å². The topological polar surface area (TPSA) is 57.6 Å². The molecule has 1 aliphatic heterocycles. The van der Waals surface area contributed by atoms with Crippen LogP contribution in [0.25, 0.3) is 0 Å². The Morgan fingerprint density at radius 1 is 1.33 bits per heavy atom. The predicted octanol–water partition coefficient (Wildman–Crippen LogP) is 2.38. The smallest absolute Gasteiger partial charge is 0.308 e. The maximum atomic E-state index is 12.1. The van der Waals surface area contributed by atoms with E-state index in [0.29, 0.717) is 31.2 Å². The lowest BCUT2D eigenvalue weighted by Gasteiger charge is -2.31. The van der Waals surface area contributed by atoms with Gasteiger partial charge >= 0.3 is 5.97 Å². The van der Waals surface area contributed by atoms with Gasteiger partial charge in [-0.1, -0.05) is 20.8 Å². The zero-order valence-electron chi connectivity index (χ0n) is 11.7. The summed E-state index contributed by atoms with van der Waals surface area (Å²) in [5, 5.41) is 9.00. The number of hydrogen-bond donors (Lipinski definition) is 1. The first kappa shape index (κ1) is 15.0. The highest BCUT2D eigenvalue weighted by atomic mass is 16.4. The van der Waals surface area contributed by atoms with E-state index in [9.17, 15) is 9.59 Å². The highest BCUT2D eigenvalue weighted by Crippen LogP contribution is 2.20. The number of amides is 1. The summed E-state index contributed by atoms with van der Waals surface area (Å²) in [7, 11) is 0. The van der Waals surface area contributed by atoms with Crippen molar-refractivity contribution < 1.29 is 14.7 Å². The third-order valence-corrected chi connectivity index (χ3v) is 3.52. The number of carboxylic acid groups (broad SMARTS) is 1. The van der Waals surface area contributed by atoms with Gasteiger partial charge in [-0.15, -0.1) is 0 Å². The number of carbonyl (C=O) groups is 2. The van der Waals surface area contributed by atoms with Gasteiger partial charge in [0.25, 0.3) is 0 Å². The molecule has 0 aliphatic carbocycles. The van der Waals surface area contributed by atoms with Gasteiger partial charge in [0, 0.05) is 19.5 Å². The number of carbonyl (C=O) groups excluding carboxylic acids is 1. The van der Waals surface area contributed by atoms with Crippen molar-refractivity contribution in [2.75, 3.05) is 13.1 Å². The van der Waals surface area contributed by atoms with E-state index in [4.69, 9.17) is 5.11 Å². The van der Waals surface area contributed by atoms with Crippen molar-refractivity contribution in [2.24, 2.45) is 17.8 Å². The SMILES string of the molecule is CC(C)CC(C)CC(=O)N1CCC[C@H](C(=O)O)C1. The maximum Gasteiger partial charge on any atom is 0.308 e. The molecule has 1 N–H and O–H groups in total. The summed E-state index contributed by atoms with van der Waals surface area (Å²) >= 11 is 0. The zero-order chi connectivity index (χ0) is 13.7. The minimum atomic E-state index is -0.775. The van der Waals surface area contributed by atoms with Crippen LogP contribution in [0.2, 0.25) is 0 Å². The fraction of sp³-hybridized carbons (Fsp3) is 0.857. The second-order valence-corrected chi connectivity index (χ2v) is 5.96. The average molecular weight is 255 g/mol. The molecule has 1 fully saturated rings. The lowest BCUT2D eigenvalue weighted by atomic mass is 9.94. The number of aliphatic carboxylic acids is 1. The van der Waals surface area contributed by atoms with Crippen LogP contribution in [-0.4, -0.2) is 35.0 Å². The molecular formula is C14H25NO3. The summed E-state index contributed by atoms with van der Waals surface area (Å²) in [4.78, 5) is 24.8. The van der Waals surface area contributed by atoms with E-state index in [1.54, 1.807) is 4.90 Å². The molecule has 0 radical (unpaired) electrons. The fourth-order valence-corrected chi connectivity index (χ4v) is 2.72. The van der Waals surface area contributed by atoms with Crippen LogP contribution in [0.4, 0.5) is 0 Å². The lowest BCUT2D eigenvalue weighted by molar-refractivity contribution is -0.145. The second kappa shape index (κ2) is 6.76. The van der Waals surface area contributed by atoms with Crippen LogP contribution in [0.1, 0.15) is 46.5 Å². The van der Waals surface area contributed by atoms with Crippen molar-refractivity contribution in [3.05, 3.63) is 0 Å². The highest BCUT2D eigenvalue weighted by Gasteiger charge is 2.28. The molecule has 18 heavy (non-hydrogen) atoms. The molecule has 0 spiro atoms. The molecule has 1 heterocycles. The molecule has 1 aliphatic rings. The molecule has 1 rings (SSSR count). The molecule has 0 aromatic heterocycles. The molecule has 4 nitrogen and oxygen atoms in total. The van der Waals surface area contributed by atoms with Crippen LogP contribution >= 0.6 is 0 Å². The Hall–Kier alpha value is -1.06. The molecule has 0 aromatic carbocycles. The molecule has 1 saturated heterocycles. The number of nitrogens with zero attached hydrogens (tertiary/aromatic N) is 1. The van der Waals surface area contributed by atoms with Gasteiger partial charge in [-0.3, -0.25) is 9.59 Å². The molecule has 0 aromatic rings. The first-order valence-electron chi connectivity index (χ1n) is 6.90. The average Bonchev–Trinajstić information content (AvgIpc) is 2.27. The van der Waals surface area contributed by atoms with E-state index < -0.39 is 5.97 Å². The third-order valence-electron chi connectivity index (χ3n) is 3.52. The predicted molar refractivity (Wildman–Crippen MR) is 70.2 cm³/mol. The Morgan fingerprint density at radius 3 is 2.56 bits per heavy atom. The molecule has 104 valence electrons. The summed E-state index contributed by atoms with van der Waals surface area (Å²) in [6, 6.07) is 0. The number of hydrogen-bond acceptors (Lipinski definition) is 2. The number of rotatable bonds is 5. The zero-order valence-corrected chi connectivity index (χ0v) is 11.7. The number of piperidine rings is 1. The van der Waals surface area contributed by atoms with Gasteiger partial charge in [0.1, 0.15) is 0 Å². The molecule has 2 atom stereocenters. The summed E-state index contributed by atoms with van der Waals surface area (Å²) in [5.41, 5.74) is 0. The highest BCUT2D eigenvalue weighted by molar-refractivity contribution is 5.78. The number of likely N-dealkylation sites (tertiary alicyclic amines) is 1. The van der Waals surface area contributed by atoms with Gasteiger partial charge < -0.3 is 10.0 Å². The third kappa shape index (κ3) is 4.67. The monoisotopic (exact) mass is 255 g/mol. The van der Waals surface area contributed by atoms with Crippen LogP contribution in [0.5, 0.6) is 0 Å². The van der Waals surface area contributed by atoms with E-state index in [2.05, 4.69) is 20.8 Å². The largest absolute Gasteiger partial charge is 0.481 e. The first-order valence-corrected chi connectivity index (χ1v) is 6.90. The van der Waals surface area contributed by atoms with Crippen LogP contribution < -0.4 is 0 Å². The Labute approximate surface area is 109 Å². The van der Waals surface area contributed by atoms with E-state index in [1.165, 1.54) is 0 Å². The van der Waals surface area contributed by atoms with Crippen molar-refractivity contribution >= 4 is 11.9 Å². The Balaban J connectivity index is 2.43. The van der Waals surface area contributed by atoms with E-state index >= 15 is 0 Å². The molecule has 0 saturated carbocycles. The Morgan fingerprint density at radius 2 is 2.00 bits per heavy atom. The Kier molecular flexibility index (Phi) is 5.63. The molecule has 1 unspecified atom stereocenters. The van der Waals surface area contributed by atoms with Crippen molar-refractivity contribution in [1.82, 2.24) is 4.90 Å². The van der Waals surface area contributed by atoms with Gasteiger partial charge in [0.2, 0.25) is 5.91 Å². The van der Waals surface area contributed by atoms with Crippen molar-refractivity contribution in [3.8, 4) is 0 Å². The normalized spacial score (nSPS) is 22.0. The van der Waals surface area contributed by atoms with Gasteiger partial charge in [0.05, 0.1) is 5.92 Å². The van der Waals surface area contributed by atoms with E-state index in [0.717, 1.165) is 19.4 Å². The number of carboxylic acids is 1. The van der Waals surface area contributed by atoms with Gasteiger partial charge in [-0.2, -0.15) is 0 Å². The minimum Gasteiger partial charge on any atom is -0.481 e. The van der Waals surface area contributed by atoms with Crippen molar-refractivity contribution in [2.45, 2.75) is 46.5 Å². The lowest BCUT2D eigenvalue weighted by Crippen LogP contribution is -2.42. The summed E-state index contributed by atoms with van der Waals surface area (Å²) in [5.74, 6) is -0.0523. The first-order chi connectivity index (χ1) is 8.40. The maximum absolute atomic E-state index is 12.1.